The Bertz CT molecular complexity index is 788. The first-order chi connectivity index (χ1) is 11.8. The molecule has 0 unspecified atom stereocenters. The van der Waals surface area contributed by atoms with Crippen molar-refractivity contribution in [1.82, 2.24) is 19.7 Å². The molecule has 0 fully saturated rings. The van der Waals surface area contributed by atoms with Gasteiger partial charge in [0.25, 0.3) is 5.91 Å². The van der Waals surface area contributed by atoms with Crippen molar-refractivity contribution in [2.75, 3.05) is 13.2 Å². The molecule has 0 saturated carbocycles. The average Bonchev–Trinajstić information content (AvgIpc) is 3.16. The molecule has 6 nitrogen and oxygen atoms in total. The number of hydrogen-bond acceptors (Lipinski definition) is 4. The number of hydrogen-bond donors (Lipinski definition) is 1. The summed E-state index contributed by atoms with van der Waals surface area (Å²) in [5, 5.41) is 13.5. The number of benzene rings is 1. The van der Waals surface area contributed by atoms with Crippen LogP contribution in [0, 0.1) is 0 Å². The lowest BCUT2D eigenvalue weighted by atomic mass is 10.1. The van der Waals surface area contributed by atoms with Crippen LogP contribution in [0.4, 0.5) is 0 Å². The molecule has 3 aromatic rings. The van der Waals surface area contributed by atoms with Crippen molar-refractivity contribution in [1.29, 1.82) is 0 Å². The molecular formula is C18H18N4O2. The van der Waals surface area contributed by atoms with Crippen LogP contribution in [0.15, 0.2) is 67.3 Å². The second-order valence-corrected chi connectivity index (χ2v) is 5.28. The van der Waals surface area contributed by atoms with Crippen LogP contribution in [0.3, 0.4) is 0 Å². The Morgan fingerprint density at radius 1 is 1.12 bits per heavy atom. The maximum atomic E-state index is 13.0. The van der Waals surface area contributed by atoms with Crippen LogP contribution in [0.2, 0.25) is 0 Å². The van der Waals surface area contributed by atoms with Crippen LogP contribution in [0.25, 0.3) is 5.69 Å². The summed E-state index contributed by atoms with van der Waals surface area (Å²) in [5.74, 6) is -0.154. The molecule has 24 heavy (non-hydrogen) atoms. The van der Waals surface area contributed by atoms with Gasteiger partial charge < -0.3 is 10.0 Å². The lowest BCUT2D eigenvalue weighted by Gasteiger charge is -2.23. The zero-order valence-corrected chi connectivity index (χ0v) is 13.1. The molecule has 1 aromatic carbocycles. The molecule has 6 heteroatoms. The Hall–Kier alpha value is -2.99. The van der Waals surface area contributed by atoms with Gasteiger partial charge >= 0.3 is 0 Å². The van der Waals surface area contributed by atoms with Gasteiger partial charge in [0.2, 0.25) is 0 Å². The van der Waals surface area contributed by atoms with E-state index < -0.39 is 0 Å². The Morgan fingerprint density at radius 2 is 2.00 bits per heavy atom. The number of nitrogens with zero attached hydrogens (tertiary/aromatic N) is 4. The average molecular weight is 322 g/mol. The van der Waals surface area contributed by atoms with E-state index in [2.05, 4.69) is 10.1 Å². The van der Waals surface area contributed by atoms with Crippen molar-refractivity contribution in [2.24, 2.45) is 0 Å². The van der Waals surface area contributed by atoms with Crippen LogP contribution >= 0.6 is 0 Å². The van der Waals surface area contributed by atoms with Crippen molar-refractivity contribution in [3.63, 3.8) is 0 Å². The Balaban J connectivity index is 1.91. The van der Waals surface area contributed by atoms with E-state index in [4.69, 9.17) is 0 Å². The summed E-state index contributed by atoms with van der Waals surface area (Å²) in [6.45, 7) is 0.539. The number of para-hydroxylation sites is 1. The third-order valence-corrected chi connectivity index (χ3v) is 3.64. The van der Waals surface area contributed by atoms with Crippen molar-refractivity contribution in [2.45, 2.75) is 6.54 Å². The molecule has 3 rings (SSSR count). The number of amides is 1. The van der Waals surface area contributed by atoms with Crippen molar-refractivity contribution < 1.29 is 9.90 Å². The molecule has 2 aromatic heterocycles. The minimum absolute atomic E-state index is 0.101. The molecule has 0 aliphatic rings. The summed E-state index contributed by atoms with van der Waals surface area (Å²) < 4.78 is 1.66. The molecule has 1 N–H and O–H groups in total. The van der Waals surface area contributed by atoms with E-state index in [1.807, 2.05) is 36.4 Å². The SMILES string of the molecule is O=C(c1ccccc1-n1cccn1)N(CCO)Cc1cccnc1. The van der Waals surface area contributed by atoms with Gasteiger partial charge in [0.1, 0.15) is 0 Å². The van der Waals surface area contributed by atoms with Gasteiger partial charge in [0.05, 0.1) is 17.9 Å². The zero-order valence-electron chi connectivity index (χ0n) is 13.1. The molecular weight excluding hydrogens is 304 g/mol. The standard InChI is InChI=1S/C18H18N4O2/c23-12-11-21(14-15-5-3-8-19-13-15)18(24)16-6-1-2-7-17(16)22-10-4-9-20-22/h1-10,13,23H,11-12,14H2. The third kappa shape index (κ3) is 3.49. The summed E-state index contributed by atoms with van der Waals surface area (Å²) in [5.41, 5.74) is 2.16. The van der Waals surface area contributed by atoms with E-state index in [9.17, 15) is 9.90 Å². The fourth-order valence-electron chi connectivity index (χ4n) is 2.52. The number of aromatic nitrogens is 3. The molecule has 0 atom stereocenters. The molecule has 0 aliphatic carbocycles. The van der Waals surface area contributed by atoms with E-state index in [0.717, 1.165) is 5.56 Å². The first-order valence-electron chi connectivity index (χ1n) is 7.67. The topological polar surface area (TPSA) is 71.2 Å². The highest BCUT2D eigenvalue weighted by Crippen LogP contribution is 2.17. The van der Waals surface area contributed by atoms with Crippen LogP contribution < -0.4 is 0 Å². The van der Waals surface area contributed by atoms with Gasteiger partial charge in [-0.25, -0.2) is 4.68 Å². The van der Waals surface area contributed by atoms with Gasteiger partial charge in [-0.2, -0.15) is 5.10 Å². The van der Waals surface area contributed by atoms with Crippen LogP contribution in [-0.2, 0) is 6.54 Å². The minimum atomic E-state index is -0.154. The first-order valence-corrected chi connectivity index (χ1v) is 7.67. The van der Waals surface area contributed by atoms with E-state index in [1.54, 1.807) is 40.4 Å². The van der Waals surface area contributed by atoms with Crippen molar-refractivity contribution in [3.8, 4) is 5.69 Å². The fourth-order valence-corrected chi connectivity index (χ4v) is 2.52. The maximum Gasteiger partial charge on any atom is 0.256 e. The third-order valence-electron chi connectivity index (χ3n) is 3.64. The molecule has 0 radical (unpaired) electrons. The quantitative estimate of drug-likeness (QED) is 0.752. The van der Waals surface area contributed by atoms with Crippen LogP contribution in [0.1, 0.15) is 15.9 Å². The maximum absolute atomic E-state index is 13.0. The van der Waals surface area contributed by atoms with E-state index in [0.29, 0.717) is 17.8 Å². The van der Waals surface area contributed by atoms with Crippen molar-refractivity contribution >= 4 is 5.91 Å². The van der Waals surface area contributed by atoms with Gasteiger partial charge in [-0.15, -0.1) is 0 Å². The fraction of sp³-hybridized carbons (Fsp3) is 0.167. The summed E-state index contributed by atoms with van der Waals surface area (Å²) in [6, 6.07) is 12.8. The van der Waals surface area contributed by atoms with Gasteiger partial charge in [-0.1, -0.05) is 18.2 Å². The van der Waals surface area contributed by atoms with E-state index >= 15 is 0 Å². The normalized spacial score (nSPS) is 10.5. The van der Waals surface area contributed by atoms with E-state index in [-0.39, 0.29) is 19.1 Å². The number of carbonyl (C=O) groups is 1. The molecule has 0 aliphatic heterocycles. The summed E-state index contributed by atoms with van der Waals surface area (Å²) in [6.07, 6.45) is 6.87. The zero-order chi connectivity index (χ0) is 16.8. The van der Waals surface area contributed by atoms with Crippen LogP contribution in [0.5, 0.6) is 0 Å². The van der Waals surface area contributed by atoms with Crippen LogP contribution in [-0.4, -0.2) is 43.8 Å². The summed E-state index contributed by atoms with van der Waals surface area (Å²) in [7, 11) is 0. The Kier molecular flexibility index (Phi) is 4.98. The molecule has 0 spiro atoms. The smallest absolute Gasteiger partial charge is 0.256 e. The lowest BCUT2D eigenvalue weighted by molar-refractivity contribution is 0.0707. The molecule has 0 bridgehead atoms. The molecule has 122 valence electrons. The monoisotopic (exact) mass is 322 g/mol. The summed E-state index contributed by atoms with van der Waals surface area (Å²) >= 11 is 0. The molecule has 0 saturated heterocycles. The Labute approximate surface area is 140 Å². The largest absolute Gasteiger partial charge is 0.395 e. The van der Waals surface area contributed by atoms with Crippen molar-refractivity contribution in [3.05, 3.63) is 78.4 Å². The van der Waals surface area contributed by atoms with Gasteiger partial charge in [-0.3, -0.25) is 9.78 Å². The van der Waals surface area contributed by atoms with Gasteiger partial charge in [0, 0.05) is 37.9 Å². The number of pyridine rings is 1. The van der Waals surface area contributed by atoms with Gasteiger partial charge in [0.15, 0.2) is 0 Å². The molecule has 2 heterocycles. The highest BCUT2D eigenvalue weighted by molar-refractivity contribution is 5.97. The number of rotatable bonds is 6. The Morgan fingerprint density at radius 3 is 2.71 bits per heavy atom. The predicted octanol–water partition coefficient (Wildman–Crippen LogP) is 1.90. The molecule has 1 amide bonds. The predicted molar refractivity (Wildman–Crippen MR) is 89.6 cm³/mol. The highest BCUT2D eigenvalue weighted by Gasteiger charge is 2.19. The van der Waals surface area contributed by atoms with E-state index in [1.165, 1.54) is 0 Å². The summed E-state index contributed by atoms with van der Waals surface area (Å²) in [4.78, 5) is 18.7. The second-order valence-electron chi connectivity index (χ2n) is 5.28. The minimum Gasteiger partial charge on any atom is -0.395 e. The number of carbonyl (C=O) groups excluding carboxylic acids is 1. The first kappa shape index (κ1) is 15.9. The lowest BCUT2D eigenvalue weighted by Crippen LogP contribution is -2.33. The number of aliphatic hydroxyl groups excluding tert-OH is 1. The number of aliphatic hydroxyl groups is 1. The van der Waals surface area contributed by atoms with Gasteiger partial charge in [-0.05, 0) is 29.8 Å². The second kappa shape index (κ2) is 7.52. The highest BCUT2D eigenvalue weighted by atomic mass is 16.3.